The second-order valence-electron chi connectivity index (χ2n) is 6.05. The Hall–Kier alpha value is -2.74. The number of amides is 2. The summed E-state index contributed by atoms with van der Waals surface area (Å²) in [5.74, 6) is -1.86. The van der Waals surface area contributed by atoms with Crippen molar-refractivity contribution in [1.29, 1.82) is 0 Å². The average molecular weight is 390 g/mol. The molecule has 6 nitrogen and oxygen atoms in total. The van der Waals surface area contributed by atoms with Crippen LogP contribution in [-0.2, 0) is 22.5 Å². The van der Waals surface area contributed by atoms with Gasteiger partial charge in [0.15, 0.2) is 0 Å². The van der Waals surface area contributed by atoms with Crippen LogP contribution >= 0.6 is 11.3 Å². The van der Waals surface area contributed by atoms with Gasteiger partial charge in [0, 0.05) is 18.3 Å². The van der Waals surface area contributed by atoms with E-state index in [1.807, 2.05) is 0 Å². The van der Waals surface area contributed by atoms with Gasteiger partial charge in [-0.2, -0.15) is 0 Å². The Kier molecular flexibility index (Phi) is 5.55. The molecule has 2 heterocycles. The van der Waals surface area contributed by atoms with E-state index in [-0.39, 0.29) is 18.1 Å². The fourth-order valence-corrected chi connectivity index (χ4v) is 4.24. The number of carbonyl (C=O) groups is 3. The quantitative estimate of drug-likeness (QED) is 0.814. The van der Waals surface area contributed by atoms with Gasteiger partial charge in [0.2, 0.25) is 5.91 Å². The summed E-state index contributed by atoms with van der Waals surface area (Å²) >= 11 is 1.22. The van der Waals surface area contributed by atoms with Gasteiger partial charge in [-0.1, -0.05) is 12.1 Å². The van der Waals surface area contributed by atoms with Crippen LogP contribution in [0, 0.1) is 5.82 Å². The van der Waals surface area contributed by atoms with Crippen molar-refractivity contribution in [2.24, 2.45) is 0 Å². The lowest BCUT2D eigenvalue weighted by molar-refractivity contribution is -0.129. The van der Waals surface area contributed by atoms with Gasteiger partial charge < -0.3 is 15.0 Å². The molecule has 0 unspecified atom stereocenters. The maximum Gasteiger partial charge on any atom is 0.341 e. The number of nitrogens with one attached hydrogen (secondary N) is 1. The molecular weight excluding hydrogens is 371 g/mol. The molecule has 0 atom stereocenters. The first-order chi connectivity index (χ1) is 12.9. The van der Waals surface area contributed by atoms with E-state index in [0.717, 1.165) is 10.4 Å². The van der Waals surface area contributed by atoms with Gasteiger partial charge in [-0.05, 0) is 31.0 Å². The Bertz CT molecular complexity index is 909. The van der Waals surface area contributed by atoms with E-state index in [1.54, 1.807) is 17.9 Å². The van der Waals surface area contributed by atoms with E-state index in [4.69, 9.17) is 4.74 Å². The molecule has 1 N–H and O–H groups in total. The van der Waals surface area contributed by atoms with E-state index in [2.05, 4.69) is 5.32 Å². The van der Waals surface area contributed by atoms with Crippen LogP contribution in [0.15, 0.2) is 24.3 Å². The molecule has 1 aromatic carbocycles. The van der Waals surface area contributed by atoms with E-state index in [0.29, 0.717) is 30.1 Å². The average Bonchev–Trinajstić information content (AvgIpc) is 2.99. The highest BCUT2D eigenvalue weighted by Gasteiger charge is 2.30. The maximum atomic E-state index is 13.9. The van der Waals surface area contributed by atoms with Gasteiger partial charge in [0.05, 0.1) is 24.3 Å². The molecule has 1 aliphatic heterocycles. The molecule has 3 rings (SSSR count). The molecule has 0 aliphatic carbocycles. The highest BCUT2D eigenvalue weighted by molar-refractivity contribution is 7.17. The lowest BCUT2D eigenvalue weighted by Gasteiger charge is -2.25. The lowest BCUT2D eigenvalue weighted by atomic mass is 10.0. The molecule has 1 aromatic heterocycles. The second kappa shape index (κ2) is 7.87. The van der Waals surface area contributed by atoms with Gasteiger partial charge >= 0.3 is 5.97 Å². The number of ether oxygens (including phenoxy) is 1. The molecule has 0 saturated heterocycles. The van der Waals surface area contributed by atoms with Gasteiger partial charge in [-0.3, -0.25) is 9.59 Å². The molecule has 2 aromatic rings. The van der Waals surface area contributed by atoms with Crippen molar-refractivity contribution in [3.8, 4) is 0 Å². The minimum Gasteiger partial charge on any atom is -0.462 e. The fraction of sp³-hybridized carbons (Fsp3) is 0.316. The number of benzene rings is 1. The van der Waals surface area contributed by atoms with Crippen LogP contribution in [0.4, 0.5) is 9.39 Å². The molecule has 0 fully saturated rings. The van der Waals surface area contributed by atoms with Crippen molar-refractivity contribution in [2.45, 2.75) is 26.8 Å². The van der Waals surface area contributed by atoms with Crippen molar-refractivity contribution in [3.05, 3.63) is 51.7 Å². The van der Waals surface area contributed by atoms with Crippen molar-refractivity contribution >= 4 is 34.1 Å². The molecule has 0 radical (unpaired) electrons. The second-order valence-corrected chi connectivity index (χ2v) is 7.16. The monoisotopic (exact) mass is 390 g/mol. The number of thiophene rings is 1. The Morgan fingerprint density at radius 2 is 2.04 bits per heavy atom. The molecule has 0 saturated carbocycles. The number of nitrogens with zero attached hydrogens (tertiary/aromatic N) is 1. The normalized spacial score (nSPS) is 13.1. The highest BCUT2D eigenvalue weighted by Crippen LogP contribution is 2.38. The Balaban J connectivity index is 1.97. The molecule has 2 amide bonds. The van der Waals surface area contributed by atoms with Gasteiger partial charge in [-0.15, -0.1) is 11.3 Å². The molecule has 8 heteroatoms. The molecule has 0 spiro atoms. The third kappa shape index (κ3) is 3.85. The predicted molar refractivity (Wildman–Crippen MR) is 99.4 cm³/mol. The number of halogens is 1. The Morgan fingerprint density at radius 3 is 2.70 bits per heavy atom. The van der Waals surface area contributed by atoms with Crippen molar-refractivity contribution in [2.75, 3.05) is 18.5 Å². The zero-order valence-electron chi connectivity index (χ0n) is 15.0. The van der Waals surface area contributed by atoms with Gasteiger partial charge in [0.1, 0.15) is 10.8 Å². The van der Waals surface area contributed by atoms with Crippen LogP contribution in [0.1, 0.15) is 45.0 Å². The van der Waals surface area contributed by atoms with Crippen LogP contribution in [0.25, 0.3) is 0 Å². The van der Waals surface area contributed by atoms with Crippen molar-refractivity contribution < 1.29 is 23.5 Å². The first-order valence-corrected chi connectivity index (χ1v) is 9.37. The summed E-state index contributed by atoms with van der Waals surface area (Å²) in [5.41, 5.74) is 0.966. The summed E-state index contributed by atoms with van der Waals surface area (Å²) in [5, 5.41) is 2.96. The van der Waals surface area contributed by atoms with E-state index in [9.17, 15) is 18.8 Å². The van der Waals surface area contributed by atoms with Crippen molar-refractivity contribution in [3.63, 3.8) is 0 Å². The van der Waals surface area contributed by atoms with Crippen LogP contribution in [0.5, 0.6) is 0 Å². The highest BCUT2D eigenvalue weighted by atomic mass is 32.1. The van der Waals surface area contributed by atoms with Crippen molar-refractivity contribution in [1.82, 2.24) is 4.90 Å². The first kappa shape index (κ1) is 19.0. The minimum atomic E-state index is -0.642. The lowest BCUT2D eigenvalue weighted by Crippen LogP contribution is -2.34. The van der Waals surface area contributed by atoms with E-state index in [1.165, 1.54) is 36.5 Å². The number of esters is 1. The summed E-state index contributed by atoms with van der Waals surface area (Å²) in [6, 6.07) is 5.63. The summed E-state index contributed by atoms with van der Waals surface area (Å²) in [6.07, 6.45) is 0.495. The maximum absolute atomic E-state index is 13.9. The summed E-state index contributed by atoms with van der Waals surface area (Å²) in [6.45, 7) is 4.25. The largest absolute Gasteiger partial charge is 0.462 e. The van der Waals surface area contributed by atoms with Gasteiger partial charge in [-0.25, -0.2) is 9.18 Å². The van der Waals surface area contributed by atoms with Crippen LogP contribution < -0.4 is 5.32 Å². The standard InChI is InChI=1S/C19H19FN2O4S/c1-3-26-19(25)16-13-8-9-22(11(2)23)10-15(13)27-18(16)21-17(24)12-6-4-5-7-14(12)20/h4-7H,3,8-10H2,1-2H3,(H,21,24). The smallest absolute Gasteiger partial charge is 0.341 e. The molecule has 0 bridgehead atoms. The Labute approximate surface area is 159 Å². The predicted octanol–water partition coefficient (Wildman–Crippen LogP) is 3.22. The van der Waals surface area contributed by atoms with E-state index < -0.39 is 17.7 Å². The zero-order valence-corrected chi connectivity index (χ0v) is 15.8. The number of carbonyl (C=O) groups excluding carboxylic acids is 3. The number of fused-ring (bicyclic) bond motifs is 1. The Morgan fingerprint density at radius 1 is 1.30 bits per heavy atom. The topological polar surface area (TPSA) is 75.7 Å². The SMILES string of the molecule is CCOC(=O)c1c(NC(=O)c2ccccc2F)sc2c1CCN(C(C)=O)C2. The summed E-state index contributed by atoms with van der Waals surface area (Å²) < 4.78 is 19.0. The number of hydrogen-bond acceptors (Lipinski definition) is 5. The molecule has 142 valence electrons. The first-order valence-electron chi connectivity index (χ1n) is 8.55. The third-order valence-corrected chi connectivity index (χ3v) is 5.46. The number of anilines is 1. The van der Waals surface area contributed by atoms with E-state index >= 15 is 0 Å². The summed E-state index contributed by atoms with van der Waals surface area (Å²) in [4.78, 5) is 39.1. The minimum absolute atomic E-state index is 0.0522. The zero-order chi connectivity index (χ0) is 19.6. The van der Waals surface area contributed by atoms with Crippen LogP contribution in [0.2, 0.25) is 0 Å². The number of hydrogen-bond donors (Lipinski definition) is 1. The number of rotatable bonds is 4. The molecule has 1 aliphatic rings. The van der Waals surface area contributed by atoms with Crippen LogP contribution in [-0.4, -0.2) is 35.8 Å². The molecule has 27 heavy (non-hydrogen) atoms. The summed E-state index contributed by atoms with van der Waals surface area (Å²) in [7, 11) is 0. The fourth-order valence-electron chi connectivity index (χ4n) is 3.00. The third-order valence-electron chi connectivity index (χ3n) is 4.33. The van der Waals surface area contributed by atoms with Gasteiger partial charge in [0.25, 0.3) is 5.91 Å². The molecular formula is C19H19FN2O4S. The van der Waals surface area contributed by atoms with Crippen LogP contribution in [0.3, 0.4) is 0 Å².